The van der Waals surface area contributed by atoms with Gasteiger partial charge in [0.1, 0.15) is 11.2 Å². The fraction of sp³-hybridized carbons (Fsp3) is 0.550. The zero-order chi connectivity index (χ0) is 21.3. The molecule has 3 N–H and O–H groups in total. The van der Waals surface area contributed by atoms with E-state index in [0.717, 1.165) is 42.2 Å². The first kappa shape index (κ1) is 20.3. The van der Waals surface area contributed by atoms with Crippen LogP contribution >= 0.6 is 0 Å². The number of imidazole rings is 1. The lowest BCUT2D eigenvalue weighted by molar-refractivity contribution is 0.122. The maximum absolute atomic E-state index is 5.70. The zero-order valence-electron chi connectivity index (χ0n) is 18.0. The summed E-state index contributed by atoms with van der Waals surface area (Å²) in [7, 11) is 0. The molecule has 10 nitrogen and oxygen atoms in total. The maximum Gasteiger partial charge on any atom is 0.228 e. The van der Waals surface area contributed by atoms with Gasteiger partial charge in [0.15, 0.2) is 5.65 Å². The third-order valence-corrected chi connectivity index (χ3v) is 5.22. The van der Waals surface area contributed by atoms with E-state index < -0.39 is 0 Å². The second-order valence-electron chi connectivity index (χ2n) is 7.84. The van der Waals surface area contributed by atoms with Gasteiger partial charge < -0.3 is 20.7 Å². The summed E-state index contributed by atoms with van der Waals surface area (Å²) in [5, 5.41) is 3.46. The molecule has 1 aliphatic heterocycles. The van der Waals surface area contributed by atoms with E-state index in [4.69, 9.17) is 25.4 Å². The summed E-state index contributed by atoms with van der Waals surface area (Å²) >= 11 is 0. The first-order valence-electron chi connectivity index (χ1n) is 10.4. The number of nitrogens with two attached hydrogens (primary N) is 1. The van der Waals surface area contributed by atoms with Crippen LogP contribution in [0.4, 0.5) is 17.8 Å². The van der Waals surface area contributed by atoms with Crippen LogP contribution in [0.15, 0.2) is 12.4 Å². The molecular weight excluding hydrogens is 382 g/mol. The van der Waals surface area contributed by atoms with E-state index in [2.05, 4.69) is 52.4 Å². The number of hydrogen-bond donors (Lipinski definition) is 2. The van der Waals surface area contributed by atoms with Gasteiger partial charge in [-0.2, -0.15) is 4.98 Å². The van der Waals surface area contributed by atoms with Crippen LogP contribution < -0.4 is 16.0 Å². The third-order valence-electron chi connectivity index (χ3n) is 5.22. The van der Waals surface area contributed by atoms with E-state index in [1.165, 1.54) is 0 Å². The Labute approximate surface area is 175 Å². The number of nitrogens with zero attached hydrogens (tertiary/aromatic N) is 7. The molecular formula is C20H29N9O. The molecule has 3 aromatic rings. The van der Waals surface area contributed by atoms with Gasteiger partial charge in [-0.3, -0.25) is 4.57 Å². The van der Waals surface area contributed by atoms with Crippen molar-refractivity contribution in [2.75, 3.05) is 42.3 Å². The van der Waals surface area contributed by atoms with Gasteiger partial charge in [0.2, 0.25) is 17.8 Å². The quantitative estimate of drug-likeness (QED) is 0.630. The van der Waals surface area contributed by atoms with Crippen LogP contribution in [0.2, 0.25) is 0 Å². The molecule has 0 aliphatic carbocycles. The van der Waals surface area contributed by atoms with Gasteiger partial charge in [0.25, 0.3) is 0 Å². The lowest BCUT2D eigenvalue weighted by Gasteiger charge is -2.27. The SMILES string of the molecule is CCC(C)n1c(NC(C)C)nc2c(-c3cnc(N)nc3)nc(N3CCOCC3)nc21. The molecule has 1 aliphatic rings. The van der Waals surface area contributed by atoms with Crippen molar-refractivity contribution in [3.63, 3.8) is 0 Å². The molecule has 30 heavy (non-hydrogen) atoms. The highest BCUT2D eigenvalue weighted by Gasteiger charge is 2.24. The molecule has 1 fully saturated rings. The third kappa shape index (κ3) is 3.87. The van der Waals surface area contributed by atoms with Gasteiger partial charge in [-0.05, 0) is 27.2 Å². The zero-order valence-corrected chi connectivity index (χ0v) is 18.0. The molecule has 4 heterocycles. The summed E-state index contributed by atoms with van der Waals surface area (Å²) in [6.45, 7) is 11.3. The fourth-order valence-corrected chi connectivity index (χ4v) is 3.49. The largest absolute Gasteiger partial charge is 0.378 e. The van der Waals surface area contributed by atoms with Crippen molar-refractivity contribution in [3.05, 3.63) is 12.4 Å². The van der Waals surface area contributed by atoms with Crippen molar-refractivity contribution >= 4 is 29.0 Å². The Morgan fingerprint density at radius 3 is 2.43 bits per heavy atom. The molecule has 0 aromatic carbocycles. The second-order valence-corrected chi connectivity index (χ2v) is 7.84. The average molecular weight is 412 g/mol. The maximum atomic E-state index is 5.70. The Balaban J connectivity index is 1.96. The normalized spacial score (nSPS) is 15.7. The van der Waals surface area contributed by atoms with Crippen LogP contribution in [0.3, 0.4) is 0 Å². The summed E-state index contributed by atoms with van der Waals surface area (Å²) in [5.41, 5.74) is 8.69. The van der Waals surface area contributed by atoms with Crippen LogP contribution in [-0.4, -0.2) is 61.8 Å². The van der Waals surface area contributed by atoms with E-state index in [1.807, 2.05) is 0 Å². The van der Waals surface area contributed by atoms with E-state index in [9.17, 15) is 0 Å². The Morgan fingerprint density at radius 2 is 1.80 bits per heavy atom. The number of aromatic nitrogens is 6. The highest BCUT2D eigenvalue weighted by Crippen LogP contribution is 2.32. The summed E-state index contributed by atoms with van der Waals surface area (Å²) in [6.07, 6.45) is 4.32. The highest BCUT2D eigenvalue weighted by molar-refractivity contribution is 5.90. The lowest BCUT2D eigenvalue weighted by Crippen LogP contribution is -2.37. The van der Waals surface area contributed by atoms with Crippen molar-refractivity contribution in [1.29, 1.82) is 0 Å². The number of fused-ring (bicyclic) bond motifs is 1. The average Bonchev–Trinajstić information content (AvgIpc) is 3.11. The van der Waals surface area contributed by atoms with E-state index >= 15 is 0 Å². The Morgan fingerprint density at radius 1 is 1.10 bits per heavy atom. The van der Waals surface area contributed by atoms with E-state index in [-0.39, 0.29) is 18.0 Å². The molecule has 10 heteroatoms. The molecule has 0 saturated carbocycles. The van der Waals surface area contributed by atoms with Gasteiger partial charge in [-0.25, -0.2) is 19.9 Å². The van der Waals surface area contributed by atoms with Gasteiger partial charge >= 0.3 is 0 Å². The van der Waals surface area contributed by atoms with Crippen molar-refractivity contribution in [2.45, 2.75) is 46.2 Å². The molecule has 1 unspecified atom stereocenters. The second kappa shape index (κ2) is 8.39. The number of nitrogen functional groups attached to an aromatic ring is 1. The van der Waals surface area contributed by atoms with E-state index in [1.54, 1.807) is 12.4 Å². The first-order chi connectivity index (χ1) is 14.5. The summed E-state index contributed by atoms with van der Waals surface area (Å²) < 4.78 is 7.67. The minimum Gasteiger partial charge on any atom is -0.378 e. The monoisotopic (exact) mass is 411 g/mol. The molecule has 4 rings (SSSR count). The summed E-state index contributed by atoms with van der Waals surface area (Å²) in [6, 6.07) is 0.457. The summed E-state index contributed by atoms with van der Waals surface area (Å²) in [4.78, 5) is 25.2. The fourth-order valence-electron chi connectivity index (χ4n) is 3.49. The lowest BCUT2D eigenvalue weighted by atomic mass is 10.2. The van der Waals surface area contributed by atoms with Gasteiger partial charge in [0.05, 0.1) is 13.2 Å². The van der Waals surface area contributed by atoms with Crippen LogP contribution in [0, 0.1) is 0 Å². The smallest absolute Gasteiger partial charge is 0.228 e. The van der Waals surface area contributed by atoms with E-state index in [0.29, 0.717) is 24.9 Å². The molecule has 160 valence electrons. The van der Waals surface area contributed by atoms with Gasteiger partial charge in [-0.1, -0.05) is 6.92 Å². The number of nitrogens with one attached hydrogen (secondary N) is 1. The molecule has 1 saturated heterocycles. The van der Waals surface area contributed by atoms with Gasteiger partial charge in [0, 0.05) is 43.1 Å². The Hall–Kier alpha value is -3.01. The number of anilines is 3. The number of morpholine rings is 1. The molecule has 0 radical (unpaired) electrons. The predicted molar refractivity (Wildman–Crippen MR) is 118 cm³/mol. The Bertz CT molecular complexity index is 1010. The van der Waals surface area contributed by atoms with Crippen LogP contribution in [0.1, 0.15) is 40.2 Å². The van der Waals surface area contributed by atoms with Crippen LogP contribution in [0.5, 0.6) is 0 Å². The first-order valence-corrected chi connectivity index (χ1v) is 10.4. The number of hydrogen-bond acceptors (Lipinski definition) is 9. The van der Waals surface area contributed by atoms with Crippen LogP contribution in [0.25, 0.3) is 22.4 Å². The van der Waals surface area contributed by atoms with Crippen molar-refractivity contribution < 1.29 is 4.74 Å². The van der Waals surface area contributed by atoms with Crippen LogP contribution in [-0.2, 0) is 4.74 Å². The molecule has 3 aromatic heterocycles. The summed E-state index contributed by atoms with van der Waals surface area (Å²) in [5.74, 6) is 1.68. The predicted octanol–water partition coefficient (Wildman–Crippen LogP) is 2.49. The number of ether oxygens (including phenoxy) is 1. The molecule has 1 atom stereocenters. The molecule has 0 amide bonds. The Kier molecular flexibility index (Phi) is 5.67. The minimum atomic E-state index is 0.221. The topological polar surface area (TPSA) is 120 Å². The molecule has 0 spiro atoms. The van der Waals surface area contributed by atoms with Gasteiger partial charge in [-0.15, -0.1) is 0 Å². The minimum absolute atomic E-state index is 0.221. The number of rotatable bonds is 6. The van der Waals surface area contributed by atoms with Crippen molar-refractivity contribution in [1.82, 2.24) is 29.5 Å². The standard InChI is InChI=1S/C20H29N9O/c1-5-13(4)29-17-16(26-20(29)24-12(2)3)15(14-10-22-18(21)23-11-14)25-19(27-17)28-6-8-30-9-7-28/h10-13H,5-9H2,1-4H3,(H,24,26)(H2,21,22,23). The van der Waals surface area contributed by atoms with Crippen molar-refractivity contribution in [3.8, 4) is 11.3 Å². The molecule has 0 bridgehead atoms. The highest BCUT2D eigenvalue weighted by atomic mass is 16.5. The van der Waals surface area contributed by atoms with Crippen molar-refractivity contribution in [2.24, 2.45) is 0 Å².